The molecule has 0 atom stereocenters. The molecular formula is C31H30O3S2. The lowest BCUT2D eigenvalue weighted by atomic mass is 9.99. The molecule has 0 fully saturated rings. The minimum absolute atomic E-state index is 0.468. The van der Waals surface area contributed by atoms with Gasteiger partial charge < -0.3 is 0 Å². The Morgan fingerprint density at radius 2 is 1.64 bits per heavy atom. The first-order chi connectivity index (χ1) is 17.5. The Morgan fingerprint density at radius 1 is 0.917 bits per heavy atom. The SMILES string of the molecule is CCc1c(SC/C=C(/c2ccc(-c3ccccc3)cc2)c2ccc(C)s2)ccc(OOC(C)=O)c1C. The van der Waals surface area contributed by atoms with Gasteiger partial charge in [0.1, 0.15) is 0 Å². The second-order valence-electron chi connectivity index (χ2n) is 8.46. The Morgan fingerprint density at radius 3 is 2.28 bits per heavy atom. The summed E-state index contributed by atoms with van der Waals surface area (Å²) in [5, 5.41) is 0. The molecule has 5 heteroatoms. The van der Waals surface area contributed by atoms with Crippen LogP contribution in [0.1, 0.15) is 40.3 Å². The Labute approximate surface area is 221 Å². The third-order valence-corrected chi connectivity index (χ3v) is 8.00. The lowest BCUT2D eigenvalue weighted by Crippen LogP contribution is -2.05. The summed E-state index contributed by atoms with van der Waals surface area (Å²) in [5.74, 6) is 0.947. The van der Waals surface area contributed by atoms with Gasteiger partial charge in [0.15, 0.2) is 5.75 Å². The Bertz CT molecular complexity index is 1350. The molecular weight excluding hydrogens is 484 g/mol. The molecule has 36 heavy (non-hydrogen) atoms. The second kappa shape index (κ2) is 12.1. The van der Waals surface area contributed by atoms with Gasteiger partial charge in [-0.3, -0.25) is 9.78 Å². The fraction of sp³-hybridized carbons (Fsp3) is 0.194. The van der Waals surface area contributed by atoms with Gasteiger partial charge in [0.25, 0.3) is 0 Å². The number of rotatable bonds is 9. The molecule has 1 heterocycles. The van der Waals surface area contributed by atoms with Crippen molar-refractivity contribution in [3.8, 4) is 16.9 Å². The molecule has 0 aliphatic heterocycles. The zero-order valence-corrected chi connectivity index (χ0v) is 22.7. The van der Waals surface area contributed by atoms with Crippen LogP contribution in [0.25, 0.3) is 16.7 Å². The van der Waals surface area contributed by atoms with Crippen molar-refractivity contribution in [3.05, 3.63) is 111 Å². The highest BCUT2D eigenvalue weighted by Gasteiger charge is 2.13. The van der Waals surface area contributed by atoms with Gasteiger partial charge in [-0.05, 0) is 72.4 Å². The minimum atomic E-state index is -0.468. The maximum Gasteiger partial charge on any atom is 0.352 e. The average molecular weight is 515 g/mol. The van der Waals surface area contributed by atoms with Crippen molar-refractivity contribution in [2.75, 3.05) is 5.75 Å². The van der Waals surface area contributed by atoms with E-state index in [2.05, 4.69) is 80.6 Å². The predicted octanol–water partition coefficient (Wildman–Crippen LogP) is 8.68. The molecule has 184 valence electrons. The summed E-state index contributed by atoms with van der Waals surface area (Å²) < 4.78 is 0. The minimum Gasteiger partial charge on any atom is -0.287 e. The maximum absolute atomic E-state index is 11.1. The van der Waals surface area contributed by atoms with Crippen LogP contribution in [-0.2, 0) is 16.1 Å². The van der Waals surface area contributed by atoms with Gasteiger partial charge >= 0.3 is 5.97 Å². The lowest BCUT2D eigenvalue weighted by Gasteiger charge is -2.14. The van der Waals surface area contributed by atoms with Gasteiger partial charge in [-0.2, -0.15) is 0 Å². The van der Waals surface area contributed by atoms with Crippen LogP contribution >= 0.6 is 23.1 Å². The molecule has 1 aromatic heterocycles. The molecule has 0 saturated heterocycles. The predicted molar refractivity (Wildman–Crippen MR) is 152 cm³/mol. The first-order valence-electron chi connectivity index (χ1n) is 12.0. The van der Waals surface area contributed by atoms with Crippen LogP contribution in [0.5, 0.6) is 5.75 Å². The molecule has 0 aliphatic rings. The van der Waals surface area contributed by atoms with E-state index in [0.717, 1.165) is 17.7 Å². The van der Waals surface area contributed by atoms with Crippen molar-refractivity contribution >= 4 is 34.6 Å². The Kier molecular flexibility index (Phi) is 8.68. The molecule has 0 unspecified atom stereocenters. The third-order valence-electron chi connectivity index (χ3n) is 5.94. The summed E-state index contributed by atoms with van der Waals surface area (Å²) in [4.78, 5) is 24.9. The first kappa shape index (κ1) is 25.8. The average Bonchev–Trinajstić information content (AvgIpc) is 3.32. The normalized spacial score (nSPS) is 11.4. The summed E-state index contributed by atoms with van der Waals surface area (Å²) in [7, 11) is 0. The monoisotopic (exact) mass is 514 g/mol. The number of benzene rings is 3. The van der Waals surface area contributed by atoms with E-state index in [1.165, 1.54) is 49.4 Å². The van der Waals surface area contributed by atoms with Crippen molar-refractivity contribution < 1.29 is 14.6 Å². The van der Waals surface area contributed by atoms with Crippen LogP contribution in [0.3, 0.4) is 0 Å². The number of hydrogen-bond acceptors (Lipinski definition) is 5. The van der Waals surface area contributed by atoms with E-state index < -0.39 is 5.97 Å². The summed E-state index contributed by atoms with van der Waals surface area (Å²) in [6.45, 7) is 7.61. The van der Waals surface area contributed by atoms with Gasteiger partial charge in [0.2, 0.25) is 0 Å². The number of aryl methyl sites for hydroxylation is 1. The molecule has 0 amide bonds. The molecule has 3 aromatic carbocycles. The van der Waals surface area contributed by atoms with Gasteiger partial charge in [-0.25, -0.2) is 4.79 Å². The molecule has 4 rings (SSSR count). The van der Waals surface area contributed by atoms with Crippen LogP contribution in [0.2, 0.25) is 0 Å². The van der Waals surface area contributed by atoms with Gasteiger partial charge in [-0.15, -0.1) is 23.1 Å². The topological polar surface area (TPSA) is 35.5 Å². The molecule has 0 N–H and O–H groups in total. The summed E-state index contributed by atoms with van der Waals surface area (Å²) in [6, 6.07) is 27.6. The maximum atomic E-state index is 11.1. The van der Waals surface area contributed by atoms with Crippen LogP contribution in [0, 0.1) is 13.8 Å². The standard InChI is InChI=1S/C31H30O3S2/c1-5-27-22(3)29(34-33-23(4)32)16-18-30(27)35-20-19-28(31-17-11-21(2)36-31)26-14-12-25(13-15-26)24-9-7-6-8-10-24/h6-19H,5,20H2,1-4H3/b28-19-. The molecule has 0 bridgehead atoms. The van der Waals surface area contributed by atoms with E-state index in [9.17, 15) is 4.79 Å². The fourth-order valence-corrected chi connectivity index (χ4v) is 6.10. The van der Waals surface area contributed by atoms with Gasteiger partial charge in [-0.1, -0.05) is 67.6 Å². The van der Waals surface area contributed by atoms with Crippen molar-refractivity contribution in [3.63, 3.8) is 0 Å². The zero-order valence-electron chi connectivity index (χ0n) is 21.0. The number of thioether (sulfide) groups is 1. The molecule has 3 nitrogen and oxygen atoms in total. The molecule has 0 radical (unpaired) electrons. The summed E-state index contributed by atoms with van der Waals surface area (Å²) in [5.41, 5.74) is 7.12. The van der Waals surface area contributed by atoms with E-state index in [1.54, 1.807) is 0 Å². The summed E-state index contributed by atoms with van der Waals surface area (Å²) in [6.07, 6.45) is 3.19. The van der Waals surface area contributed by atoms with Crippen molar-refractivity contribution in [2.24, 2.45) is 0 Å². The zero-order chi connectivity index (χ0) is 25.5. The molecule has 0 spiro atoms. The van der Waals surface area contributed by atoms with E-state index >= 15 is 0 Å². The smallest absolute Gasteiger partial charge is 0.287 e. The molecule has 0 aliphatic carbocycles. The van der Waals surface area contributed by atoms with Crippen molar-refractivity contribution in [1.29, 1.82) is 0 Å². The van der Waals surface area contributed by atoms with Crippen molar-refractivity contribution in [1.82, 2.24) is 0 Å². The highest BCUT2D eigenvalue weighted by Crippen LogP contribution is 2.35. The summed E-state index contributed by atoms with van der Waals surface area (Å²) >= 11 is 3.63. The van der Waals surface area contributed by atoms with E-state index in [1.807, 2.05) is 48.2 Å². The third kappa shape index (κ3) is 6.28. The fourth-order valence-electron chi connectivity index (χ4n) is 4.11. The lowest BCUT2D eigenvalue weighted by molar-refractivity contribution is -0.211. The highest BCUT2D eigenvalue weighted by atomic mass is 32.2. The van der Waals surface area contributed by atoms with E-state index in [-0.39, 0.29) is 0 Å². The quantitative estimate of drug-likeness (QED) is 0.127. The van der Waals surface area contributed by atoms with Crippen LogP contribution in [0.4, 0.5) is 0 Å². The molecule has 0 saturated carbocycles. The number of carbonyl (C=O) groups is 1. The Hall–Kier alpha value is -3.28. The van der Waals surface area contributed by atoms with Gasteiger partial charge in [0.05, 0.1) is 0 Å². The van der Waals surface area contributed by atoms with Crippen LogP contribution in [-0.4, -0.2) is 11.7 Å². The number of thiophene rings is 1. The highest BCUT2D eigenvalue weighted by molar-refractivity contribution is 7.99. The Balaban J connectivity index is 1.58. The second-order valence-corrected chi connectivity index (χ2v) is 10.8. The van der Waals surface area contributed by atoms with Crippen LogP contribution in [0.15, 0.2) is 89.8 Å². The van der Waals surface area contributed by atoms with E-state index in [4.69, 9.17) is 9.78 Å². The first-order valence-corrected chi connectivity index (χ1v) is 13.8. The van der Waals surface area contributed by atoms with Gasteiger partial charge in [0, 0.05) is 32.9 Å². The van der Waals surface area contributed by atoms with Crippen molar-refractivity contribution in [2.45, 2.75) is 39.0 Å². The molecule has 4 aromatic rings. The van der Waals surface area contributed by atoms with Crippen LogP contribution < -0.4 is 4.89 Å². The number of carbonyl (C=O) groups excluding carboxylic acids is 1. The van der Waals surface area contributed by atoms with E-state index in [0.29, 0.717) is 5.75 Å². The number of hydrogen-bond donors (Lipinski definition) is 0. The largest absolute Gasteiger partial charge is 0.352 e.